The average molecular weight is 329 g/mol. The summed E-state index contributed by atoms with van der Waals surface area (Å²) < 4.78 is 27.9. The van der Waals surface area contributed by atoms with Crippen molar-refractivity contribution in [3.05, 3.63) is 70.4 Å². The van der Waals surface area contributed by atoms with Gasteiger partial charge in [-0.3, -0.25) is 9.55 Å². The van der Waals surface area contributed by atoms with Gasteiger partial charge in [0.05, 0.1) is 11.9 Å². The van der Waals surface area contributed by atoms with Crippen LogP contribution in [0.2, 0.25) is 0 Å². The van der Waals surface area contributed by atoms with Crippen LogP contribution in [0.25, 0.3) is 11.3 Å². The third-order valence-corrected chi connectivity index (χ3v) is 4.25. The number of nitrogens with zero attached hydrogens (tertiary/aromatic N) is 2. The lowest BCUT2D eigenvalue weighted by Crippen LogP contribution is -2.15. The lowest BCUT2D eigenvalue weighted by Gasteiger charge is -2.05. The van der Waals surface area contributed by atoms with E-state index >= 15 is 0 Å². The maximum absolute atomic E-state index is 13.3. The first-order chi connectivity index (χ1) is 11.5. The number of H-pyrrole nitrogens is 1. The summed E-state index contributed by atoms with van der Waals surface area (Å²) in [6, 6.07) is 6.67. The SMILES string of the molecule is O=c1[nH]cc(O)n1[C@H]1C[C@@H]1c1ccc(-c2cc(F)cc(F)c2)nc1. The highest BCUT2D eigenvalue weighted by atomic mass is 19.1. The molecule has 0 saturated heterocycles. The van der Waals surface area contributed by atoms with E-state index in [2.05, 4.69) is 9.97 Å². The summed E-state index contributed by atoms with van der Waals surface area (Å²) in [5.74, 6) is -1.32. The summed E-state index contributed by atoms with van der Waals surface area (Å²) in [5, 5.41) is 9.70. The minimum absolute atomic E-state index is 0.0789. The van der Waals surface area contributed by atoms with E-state index < -0.39 is 11.6 Å². The monoisotopic (exact) mass is 329 g/mol. The van der Waals surface area contributed by atoms with Gasteiger partial charge in [-0.15, -0.1) is 0 Å². The fourth-order valence-corrected chi connectivity index (χ4v) is 3.01. The first-order valence-corrected chi connectivity index (χ1v) is 7.44. The van der Waals surface area contributed by atoms with Gasteiger partial charge < -0.3 is 10.1 Å². The molecule has 24 heavy (non-hydrogen) atoms. The second-order valence-corrected chi connectivity index (χ2v) is 5.87. The van der Waals surface area contributed by atoms with E-state index in [-0.39, 0.29) is 23.5 Å². The van der Waals surface area contributed by atoms with Gasteiger partial charge in [-0.1, -0.05) is 6.07 Å². The summed E-state index contributed by atoms with van der Waals surface area (Å²) in [7, 11) is 0. The maximum Gasteiger partial charge on any atom is 0.328 e. The molecule has 2 N–H and O–H groups in total. The second-order valence-electron chi connectivity index (χ2n) is 5.87. The Hall–Kier alpha value is -2.96. The molecule has 0 aliphatic heterocycles. The zero-order chi connectivity index (χ0) is 16.8. The number of hydrogen-bond acceptors (Lipinski definition) is 3. The lowest BCUT2D eigenvalue weighted by atomic mass is 10.1. The molecule has 5 nitrogen and oxygen atoms in total. The van der Waals surface area contributed by atoms with Gasteiger partial charge in [0.25, 0.3) is 0 Å². The largest absolute Gasteiger partial charge is 0.493 e. The molecule has 0 radical (unpaired) electrons. The Bertz CT molecular complexity index is 942. The topological polar surface area (TPSA) is 70.9 Å². The van der Waals surface area contributed by atoms with Gasteiger partial charge in [0, 0.05) is 29.8 Å². The van der Waals surface area contributed by atoms with Crippen molar-refractivity contribution in [3.63, 3.8) is 0 Å². The molecule has 0 bridgehead atoms. The Labute approximate surface area is 135 Å². The molecule has 3 aromatic rings. The van der Waals surface area contributed by atoms with Crippen LogP contribution in [-0.2, 0) is 0 Å². The fraction of sp³-hybridized carbons (Fsp3) is 0.176. The summed E-state index contributed by atoms with van der Waals surface area (Å²) in [5.41, 5.74) is 1.40. The summed E-state index contributed by atoms with van der Waals surface area (Å²) in [6.45, 7) is 0. The van der Waals surface area contributed by atoms with Gasteiger partial charge in [-0.05, 0) is 30.2 Å². The Morgan fingerprint density at radius 1 is 1.21 bits per heavy atom. The van der Waals surface area contributed by atoms with Crippen LogP contribution >= 0.6 is 0 Å². The van der Waals surface area contributed by atoms with E-state index in [1.807, 2.05) is 6.07 Å². The number of aromatic amines is 1. The van der Waals surface area contributed by atoms with Gasteiger partial charge in [0.1, 0.15) is 11.6 Å². The first kappa shape index (κ1) is 14.6. The number of hydrogen-bond donors (Lipinski definition) is 2. The molecule has 2 atom stereocenters. The zero-order valence-corrected chi connectivity index (χ0v) is 12.4. The quantitative estimate of drug-likeness (QED) is 0.776. The zero-order valence-electron chi connectivity index (χ0n) is 12.4. The molecule has 4 rings (SSSR count). The number of rotatable bonds is 3. The van der Waals surface area contributed by atoms with Crippen molar-refractivity contribution in [2.45, 2.75) is 18.4 Å². The van der Waals surface area contributed by atoms with Crippen LogP contribution in [0.4, 0.5) is 8.78 Å². The molecule has 1 aromatic carbocycles. The van der Waals surface area contributed by atoms with Gasteiger partial charge >= 0.3 is 5.69 Å². The minimum atomic E-state index is -0.652. The third-order valence-electron chi connectivity index (χ3n) is 4.25. The van der Waals surface area contributed by atoms with Crippen molar-refractivity contribution >= 4 is 0 Å². The van der Waals surface area contributed by atoms with Gasteiger partial charge in [0.15, 0.2) is 0 Å². The lowest BCUT2D eigenvalue weighted by molar-refractivity contribution is 0.413. The molecular weight excluding hydrogens is 316 g/mol. The van der Waals surface area contributed by atoms with Gasteiger partial charge in [-0.25, -0.2) is 13.6 Å². The number of imidazole rings is 1. The van der Waals surface area contributed by atoms with Crippen molar-refractivity contribution in [3.8, 4) is 17.1 Å². The second kappa shape index (κ2) is 5.30. The predicted octanol–water partition coefficient (Wildman–Crippen LogP) is 2.95. The van der Waals surface area contributed by atoms with E-state index in [1.165, 1.54) is 22.9 Å². The molecule has 0 amide bonds. The standard InChI is InChI=1S/C17H13F2N3O2/c18-11-3-10(4-12(19)5-11)14-2-1-9(7-20-14)13-6-15(13)22-16(23)8-21-17(22)24/h1-5,7-8,13,15,23H,6H2,(H,21,24)/t13-,15+/m1/s1. The smallest absolute Gasteiger partial charge is 0.328 e. The molecule has 7 heteroatoms. The third kappa shape index (κ3) is 2.47. The molecule has 2 heterocycles. The predicted molar refractivity (Wildman–Crippen MR) is 82.7 cm³/mol. The Balaban J connectivity index is 1.58. The van der Waals surface area contributed by atoms with E-state index in [0.29, 0.717) is 11.3 Å². The van der Waals surface area contributed by atoms with E-state index in [1.54, 1.807) is 12.3 Å². The normalized spacial score (nSPS) is 19.4. The molecular formula is C17H13F2N3O2. The van der Waals surface area contributed by atoms with Crippen LogP contribution in [-0.4, -0.2) is 19.6 Å². The van der Waals surface area contributed by atoms with Crippen LogP contribution in [0.3, 0.4) is 0 Å². The van der Waals surface area contributed by atoms with E-state index in [9.17, 15) is 18.7 Å². The molecule has 122 valence electrons. The number of pyridine rings is 1. The summed E-state index contributed by atoms with van der Waals surface area (Å²) >= 11 is 0. The van der Waals surface area contributed by atoms with Crippen molar-refractivity contribution in [2.75, 3.05) is 0 Å². The fourth-order valence-electron chi connectivity index (χ4n) is 3.01. The minimum Gasteiger partial charge on any atom is -0.493 e. The first-order valence-electron chi connectivity index (χ1n) is 7.44. The van der Waals surface area contributed by atoms with Gasteiger partial charge in [0.2, 0.25) is 5.88 Å². The number of aromatic hydroxyl groups is 1. The van der Waals surface area contributed by atoms with Crippen molar-refractivity contribution in [2.24, 2.45) is 0 Å². The molecule has 2 aromatic heterocycles. The molecule has 0 unspecified atom stereocenters. The Morgan fingerprint density at radius 2 is 1.96 bits per heavy atom. The van der Waals surface area contributed by atoms with Crippen LogP contribution < -0.4 is 5.69 Å². The maximum atomic E-state index is 13.3. The Morgan fingerprint density at radius 3 is 2.54 bits per heavy atom. The van der Waals surface area contributed by atoms with E-state index in [0.717, 1.165) is 18.1 Å². The number of halogens is 2. The highest BCUT2D eigenvalue weighted by Gasteiger charge is 2.42. The molecule has 1 fully saturated rings. The van der Waals surface area contributed by atoms with Crippen molar-refractivity contribution in [1.82, 2.24) is 14.5 Å². The number of aromatic nitrogens is 3. The van der Waals surface area contributed by atoms with Crippen molar-refractivity contribution in [1.29, 1.82) is 0 Å². The molecule has 1 aliphatic rings. The average Bonchev–Trinajstić information content (AvgIpc) is 3.25. The highest BCUT2D eigenvalue weighted by Crippen LogP contribution is 2.51. The highest BCUT2D eigenvalue weighted by molar-refractivity contribution is 5.59. The summed E-state index contributed by atoms with van der Waals surface area (Å²) in [6.07, 6.45) is 3.62. The molecule has 0 spiro atoms. The summed E-state index contributed by atoms with van der Waals surface area (Å²) in [4.78, 5) is 18.4. The van der Waals surface area contributed by atoms with Crippen LogP contribution in [0.1, 0.15) is 23.9 Å². The number of nitrogens with one attached hydrogen (secondary N) is 1. The Kier molecular flexibility index (Phi) is 3.23. The number of benzene rings is 1. The van der Waals surface area contributed by atoms with Crippen LogP contribution in [0.15, 0.2) is 47.5 Å². The van der Waals surface area contributed by atoms with Crippen LogP contribution in [0.5, 0.6) is 5.88 Å². The van der Waals surface area contributed by atoms with Crippen molar-refractivity contribution < 1.29 is 13.9 Å². The molecule has 1 aliphatic carbocycles. The van der Waals surface area contributed by atoms with E-state index in [4.69, 9.17) is 0 Å². The van der Waals surface area contributed by atoms with Crippen LogP contribution in [0, 0.1) is 11.6 Å². The molecule has 1 saturated carbocycles. The van der Waals surface area contributed by atoms with Gasteiger partial charge in [-0.2, -0.15) is 0 Å².